The van der Waals surface area contributed by atoms with Crippen LogP contribution in [0.3, 0.4) is 0 Å². The molecule has 0 atom stereocenters. The van der Waals surface area contributed by atoms with Gasteiger partial charge in [-0.2, -0.15) is 18.3 Å². The predicted molar refractivity (Wildman–Crippen MR) is 111 cm³/mol. The van der Waals surface area contributed by atoms with E-state index in [2.05, 4.69) is 25.4 Å². The molecule has 0 radical (unpaired) electrons. The van der Waals surface area contributed by atoms with Gasteiger partial charge in [0.25, 0.3) is 5.91 Å². The smallest absolute Gasteiger partial charge is 0.356 e. The summed E-state index contributed by atoms with van der Waals surface area (Å²) in [7, 11) is 1.74. The minimum atomic E-state index is -4.58. The molecule has 1 fully saturated rings. The van der Waals surface area contributed by atoms with Crippen LogP contribution < -0.4 is 10.2 Å². The Bertz CT molecular complexity index is 1080. The first-order chi connectivity index (χ1) is 15.3. The Kier molecular flexibility index (Phi) is 6.06. The maximum Gasteiger partial charge on any atom is 0.433 e. The molecular formula is C21H22F3N7O. The van der Waals surface area contributed by atoms with Crippen molar-refractivity contribution in [3.05, 3.63) is 54.2 Å². The average Bonchev–Trinajstić information content (AvgIpc) is 3.24. The highest BCUT2D eigenvalue weighted by molar-refractivity contribution is 5.93. The van der Waals surface area contributed by atoms with Crippen LogP contribution in [0.25, 0.3) is 11.4 Å². The van der Waals surface area contributed by atoms with Gasteiger partial charge in [0, 0.05) is 56.9 Å². The summed E-state index contributed by atoms with van der Waals surface area (Å²) in [5, 5.41) is 6.89. The van der Waals surface area contributed by atoms with Gasteiger partial charge < -0.3 is 10.2 Å². The van der Waals surface area contributed by atoms with Crippen molar-refractivity contribution < 1.29 is 18.0 Å². The molecule has 32 heavy (non-hydrogen) atoms. The van der Waals surface area contributed by atoms with Crippen molar-refractivity contribution in [2.75, 3.05) is 24.5 Å². The third-order valence-corrected chi connectivity index (χ3v) is 5.40. The lowest BCUT2D eigenvalue weighted by Gasteiger charge is -2.33. The maximum absolute atomic E-state index is 13.4. The molecule has 0 spiro atoms. The first kappa shape index (κ1) is 21.7. The zero-order valence-corrected chi connectivity index (χ0v) is 17.4. The second-order valence-electron chi connectivity index (χ2n) is 7.71. The summed E-state index contributed by atoms with van der Waals surface area (Å²) in [4.78, 5) is 26.0. The van der Waals surface area contributed by atoms with Gasteiger partial charge in [0.1, 0.15) is 5.82 Å². The summed E-state index contributed by atoms with van der Waals surface area (Å²) in [5.74, 6) is 0.309. The topological polar surface area (TPSA) is 88.8 Å². The number of amides is 1. The molecule has 0 aliphatic carbocycles. The predicted octanol–water partition coefficient (Wildman–Crippen LogP) is 2.94. The van der Waals surface area contributed by atoms with Gasteiger partial charge in [-0.05, 0) is 30.9 Å². The summed E-state index contributed by atoms with van der Waals surface area (Å²) in [6, 6.07) is 4.15. The molecule has 3 aromatic rings. The number of aryl methyl sites for hydroxylation is 1. The van der Waals surface area contributed by atoms with Crippen molar-refractivity contribution >= 4 is 11.7 Å². The standard InChI is InChI=1S/C21H22F3N7O/c1-30-13-16(12-27-30)20(32)26-11-14-4-8-31(9-5-14)18-10-17(21(22,23)24)28-19(29-18)15-2-6-25-7-3-15/h2-3,6-7,10,12-14H,4-5,8-9,11H2,1H3,(H,26,32). The van der Waals surface area contributed by atoms with E-state index in [1.807, 2.05) is 4.90 Å². The van der Waals surface area contributed by atoms with Crippen molar-refractivity contribution in [3.8, 4) is 11.4 Å². The lowest BCUT2D eigenvalue weighted by Crippen LogP contribution is -2.39. The molecule has 4 heterocycles. The van der Waals surface area contributed by atoms with Crippen molar-refractivity contribution in [1.82, 2.24) is 30.0 Å². The van der Waals surface area contributed by atoms with E-state index < -0.39 is 11.9 Å². The summed E-state index contributed by atoms with van der Waals surface area (Å²) < 4.78 is 41.9. The largest absolute Gasteiger partial charge is 0.433 e. The molecule has 1 aliphatic heterocycles. The Balaban J connectivity index is 1.43. The van der Waals surface area contributed by atoms with Crippen molar-refractivity contribution in [2.45, 2.75) is 19.0 Å². The molecule has 0 saturated carbocycles. The fraction of sp³-hybridized carbons (Fsp3) is 0.381. The molecule has 8 nitrogen and oxygen atoms in total. The van der Waals surface area contributed by atoms with Crippen LogP contribution in [0.5, 0.6) is 0 Å². The number of hydrogen-bond donors (Lipinski definition) is 1. The van der Waals surface area contributed by atoms with E-state index in [9.17, 15) is 18.0 Å². The minimum Gasteiger partial charge on any atom is -0.356 e. The van der Waals surface area contributed by atoms with E-state index in [-0.39, 0.29) is 23.5 Å². The molecule has 0 bridgehead atoms. The lowest BCUT2D eigenvalue weighted by molar-refractivity contribution is -0.141. The molecular weight excluding hydrogens is 423 g/mol. The van der Waals surface area contributed by atoms with Gasteiger partial charge in [-0.3, -0.25) is 14.5 Å². The number of rotatable bonds is 5. The van der Waals surface area contributed by atoms with Gasteiger partial charge in [-0.25, -0.2) is 9.97 Å². The molecule has 0 unspecified atom stereocenters. The molecule has 1 saturated heterocycles. The van der Waals surface area contributed by atoms with Crippen LogP contribution in [-0.4, -0.2) is 50.3 Å². The van der Waals surface area contributed by atoms with Crippen molar-refractivity contribution in [2.24, 2.45) is 13.0 Å². The van der Waals surface area contributed by atoms with Crippen LogP contribution >= 0.6 is 0 Å². The van der Waals surface area contributed by atoms with Gasteiger partial charge in [0.05, 0.1) is 11.8 Å². The van der Waals surface area contributed by atoms with Crippen LogP contribution in [0.1, 0.15) is 28.9 Å². The first-order valence-corrected chi connectivity index (χ1v) is 10.2. The Labute approximate surface area is 182 Å². The Morgan fingerprint density at radius 2 is 1.91 bits per heavy atom. The minimum absolute atomic E-state index is 0.0167. The summed E-state index contributed by atoms with van der Waals surface area (Å²) >= 11 is 0. The van der Waals surface area contributed by atoms with Crippen LogP contribution in [0.2, 0.25) is 0 Å². The van der Waals surface area contributed by atoms with Gasteiger partial charge in [-0.1, -0.05) is 0 Å². The monoisotopic (exact) mass is 445 g/mol. The fourth-order valence-electron chi connectivity index (χ4n) is 3.62. The third-order valence-electron chi connectivity index (χ3n) is 5.40. The highest BCUT2D eigenvalue weighted by Crippen LogP contribution is 2.32. The third kappa shape index (κ3) is 5.04. The number of anilines is 1. The summed E-state index contributed by atoms with van der Waals surface area (Å²) in [6.45, 7) is 1.58. The maximum atomic E-state index is 13.4. The van der Waals surface area contributed by atoms with E-state index in [1.54, 1.807) is 30.1 Å². The Morgan fingerprint density at radius 1 is 1.19 bits per heavy atom. The molecule has 3 aromatic heterocycles. The average molecular weight is 445 g/mol. The van der Waals surface area contributed by atoms with Crippen molar-refractivity contribution in [1.29, 1.82) is 0 Å². The normalized spacial score (nSPS) is 15.1. The number of alkyl halides is 3. The number of pyridine rings is 1. The molecule has 1 N–H and O–H groups in total. The lowest BCUT2D eigenvalue weighted by atomic mass is 9.96. The second-order valence-corrected chi connectivity index (χ2v) is 7.71. The highest BCUT2D eigenvalue weighted by Gasteiger charge is 2.34. The number of aromatic nitrogens is 5. The number of nitrogens with one attached hydrogen (secondary N) is 1. The number of piperidine rings is 1. The number of halogens is 3. The SMILES string of the molecule is Cn1cc(C(=O)NCC2CCN(c3cc(C(F)(F)F)nc(-c4ccncc4)n3)CC2)cn1. The van der Waals surface area contributed by atoms with Gasteiger partial charge in [-0.15, -0.1) is 0 Å². The molecule has 0 aromatic carbocycles. The van der Waals surface area contributed by atoms with E-state index in [1.165, 1.54) is 18.6 Å². The van der Waals surface area contributed by atoms with E-state index >= 15 is 0 Å². The van der Waals surface area contributed by atoms with E-state index in [0.29, 0.717) is 30.8 Å². The molecule has 4 rings (SSSR count). The van der Waals surface area contributed by atoms with E-state index in [0.717, 1.165) is 18.9 Å². The van der Waals surface area contributed by atoms with Gasteiger partial charge >= 0.3 is 6.18 Å². The van der Waals surface area contributed by atoms with Crippen LogP contribution in [0.15, 0.2) is 43.0 Å². The quantitative estimate of drug-likeness (QED) is 0.650. The van der Waals surface area contributed by atoms with Crippen LogP contribution in [-0.2, 0) is 13.2 Å². The Morgan fingerprint density at radius 3 is 2.53 bits per heavy atom. The highest BCUT2D eigenvalue weighted by atomic mass is 19.4. The van der Waals surface area contributed by atoms with Crippen LogP contribution in [0.4, 0.5) is 19.0 Å². The zero-order valence-electron chi connectivity index (χ0n) is 17.4. The summed E-state index contributed by atoms with van der Waals surface area (Å²) in [6.07, 6.45) is 3.01. The number of hydrogen-bond acceptors (Lipinski definition) is 6. The van der Waals surface area contributed by atoms with Crippen LogP contribution in [0, 0.1) is 5.92 Å². The fourth-order valence-corrected chi connectivity index (χ4v) is 3.62. The number of carbonyl (C=O) groups excluding carboxylic acids is 1. The molecule has 168 valence electrons. The Hall–Kier alpha value is -3.50. The first-order valence-electron chi connectivity index (χ1n) is 10.2. The van der Waals surface area contributed by atoms with Crippen molar-refractivity contribution in [3.63, 3.8) is 0 Å². The molecule has 11 heteroatoms. The number of nitrogens with zero attached hydrogens (tertiary/aromatic N) is 6. The molecule has 1 amide bonds. The second kappa shape index (κ2) is 8.93. The number of carbonyl (C=O) groups is 1. The molecule has 1 aliphatic rings. The van der Waals surface area contributed by atoms with E-state index in [4.69, 9.17) is 0 Å². The van der Waals surface area contributed by atoms with Gasteiger partial charge in [0.15, 0.2) is 11.5 Å². The van der Waals surface area contributed by atoms with Gasteiger partial charge in [0.2, 0.25) is 0 Å². The summed E-state index contributed by atoms with van der Waals surface area (Å²) in [5.41, 5.74) is -0.00485. The zero-order chi connectivity index (χ0) is 22.7.